The molecular weight excluding hydrogens is 552 g/mol. The van der Waals surface area contributed by atoms with Crippen molar-refractivity contribution < 1.29 is 28.5 Å². The first-order valence-electron chi connectivity index (χ1n) is 12.9. The highest BCUT2D eigenvalue weighted by Crippen LogP contribution is 2.38. The summed E-state index contributed by atoms with van der Waals surface area (Å²) in [6.45, 7) is 5.64. The summed E-state index contributed by atoms with van der Waals surface area (Å²) >= 11 is 1.15. The molecule has 1 aromatic carbocycles. The summed E-state index contributed by atoms with van der Waals surface area (Å²) in [5.74, 6) is 2.05. The number of ether oxygens (including phenoxy) is 4. The number of primary amides is 1. The monoisotopic (exact) mass is 586 g/mol. The summed E-state index contributed by atoms with van der Waals surface area (Å²) in [5.41, 5.74) is 6.95. The fraction of sp³-hybridized carbons (Fsp3) is 0.423. The molecular formula is C26H34N8O6S. The third-order valence-corrected chi connectivity index (χ3v) is 7.28. The van der Waals surface area contributed by atoms with E-state index in [1.165, 1.54) is 0 Å². The maximum atomic E-state index is 12.3. The Bertz CT molecular complexity index is 1380. The fourth-order valence-corrected chi connectivity index (χ4v) is 5.11. The van der Waals surface area contributed by atoms with Gasteiger partial charge in [0.15, 0.2) is 16.6 Å². The predicted octanol–water partition coefficient (Wildman–Crippen LogP) is 2.06. The summed E-state index contributed by atoms with van der Waals surface area (Å²) in [5, 5.41) is 9.99. The zero-order valence-corrected chi connectivity index (χ0v) is 24.4. The molecule has 2 aromatic heterocycles. The average molecular weight is 587 g/mol. The van der Waals surface area contributed by atoms with E-state index < -0.39 is 17.9 Å². The quantitative estimate of drug-likeness (QED) is 0.227. The smallest absolute Gasteiger partial charge is 0.350 e. The summed E-state index contributed by atoms with van der Waals surface area (Å²) in [6, 6.07) is 4.97. The first-order chi connectivity index (χ1) is 19.8. The van der Waals surface area contributed by atoms with Gasteiger partial charge >= 0.3 is 5.97 Å². The zero-order valence-electron chi connectivity index (χ0n) is 23.6. The number of hydrogen-bond donors (Lipinski definition) is 4. The fourth-order valence-electron chi connectivity index (χ4n) is 4.25. The molecule has 3 aromatic rings. The number of rotatable bonds is 12. The van der Waals surface area contributed by atoms with Crippen molar-refractivity contribution in [3.63, 3.8) is 0 Å². The lowest BCUT2D eigenvalue weighted by Gasteiger charge is -2.33. The lowest BCUT2D eigenvalue weighted by Crippen LogP contribution is -2.56. The minimum Gasteiger partial charge on any atom is -0.493 e. The van der Waals surface area contributed by atoms with Gasteiger partial charge in [0.05, 0.1) is 33.6 Å². The van der Waals surface area contributed by atoms with Crippen LogP contribution in [0.5, 0.6) is 17.2 Å². The molecule has 5 N–H and O–H groups in total. The van der Waals surface area contributed by atoms with Crippen molar-refractivity contribution in [2.45, 2.75) is 26.4 Å². The van der Waals surface area contributed by atoms with Gasteiger partial charge in [-0.05, 0) is 31.5 Å². The van der Waals surface area contributed by atoms with Gasteiger partial charge in [-0.2, -0.15) is 9.97 Å². The molecule has 0 bridgehead atoms. The van der Waals surface area contributed by atoms with Crippen LogP contribution in [0.25, 0.3) is 0 Å². The normalized spacial score (nSPS) is 14.8. The van der Waals surface area contributed by atoms with Crippen molar-refractivity contribution in [1.29, 1.82) is 0 Å². The number of methoxy groups -OCH3 is 3. The van der Waals surface area contributed by atoms with Gasteiger partial charge in [0.25, 0.3) is 0 Å². The van der Waals surface area contributed by atoms with Crippen molar-refractivity contribution in [3.8, 4) is 17.2 Å². The van der Waals surface area contributed by atoms with E-state index in [4.69, 9.17) is 24.7 Å². The van der Waals surface area contributed by atoms with Crippen LogP contribution in [-0.2, 0) is 16.1 Å². The van der Waals surface area contributed by atoms with Gasteiger partial charge in [0.1, 0.15) is 22.6 Å². The molecule has 1 unspecified atom stereocenters. The molecule has 220 valence electrons. The van der Waals surface area contributed by atoms with Gasteiger partial charge in [-0.25, -0.2) is 9.78 Å². The number of piperazine rings is 1. The van der Waals surface area contributed by atoms with Gasteiger partial charge in [0, 0.05) is 32.2 Å². The Hall–Kier alpha value is -4.37. The van der Waals surface area contributed by atoms with Crippen LogP contribution in [0.15, 0.2) is 18.2 Å². The molecule has 1 amide bonds. The Morgan fingerprint density at radius 2 is 1.85 bits per heavy atom. The molecule has 0 spiro atoms. The Balaban J connectivity index is 1.63. The number of hydrogen-bond acceptors (Lipinski definition) is 14. The summed E-state index contributed by atoms with van der Waals surface area (Å²) in [4.78, 5) is 40.2. The van der Waals surface area contributed by atoms with Gasteiger partial charge < -0.3 is 40.2 Å². The molecule has 0 radical (unpaired) electrons. The number of nitrogens with one attached hydrogen (secondary N) is 3. The standard InChI is InChI=1S/C26H34N8O6S/c1-6-40-24(36)22-14(2)30-26(41-22)33-25-31-19(11-20(32-25)34-8-7-28-16(13-34)23(27)35)29-12-15-9-17(37-3)21(39-5)18(10-15)38-4/h9-11,16,28H,6-8,12-13H2,1-5H3,(H2,27,35)(H2,29,30,31,32,33). The second-order valence-corrected chi connectivity index (χ2v) is 9.96. The molecule has 1 atom stereocenters. The molecule has 14 nitrogen and oxygen atoms in total. The number of thiazole rings is 1. The zero-order chi connectivity index (χ0) is 29.5. The average Bonchev–Trinajstić information content (AvgIpc) is 3.34. The Morgan fingerprint density at radius 3 is 2.49 bits per heavy atom. The minimum atomic E-state index is -0.514. The van der Waals surface area contributed by atoms with Crippen LogP contribution in [0.4, 0.5) is 22.7 Å². The third-order valence-electron chi connectivity index (χ3n) is 6.23. The van der Waals surface area contributed by atoms with E-state index in [-0.39, 0.29) is 12.6 Å². The van der Waals surface area contributed by atoms with E-state index in [9.17, 15) is 9.59 Å². The molecule has 41 heavy (non-hydrogen) atoms. The van der Waals surface area contributed by atoms with Crippen LogP contribution < -0.4 is 40.8 Å². The Labute approximate surface area is 241 Å². The number of carbonyl (C=O) groups is 2. The maximum Gasteiger partial charge on any atom is 0.350 e. The molecule has 15 heteroatoms. The van der Waals surface area contributed by atoms with Crippen molar-refractivity contribution >= 4 is 45.9 Å². The van der Waals surface area contributed by atoms with Crippen LogP contribution in [0.1, 0.15) is 27.9 Å². The summed E-state index contributed by atoms with van der Waals surface area (Å²) < 4.78 is 21.5. The lowest BCUT2D eigenvalue weighted by atomic mass is 10.1. The third kappa shape index (κ3) is 7.05. The molecule has 0 aliphatic carbocycles. The molecule has 0 saturated carbocycles. The highest BCUT2D eigenvalue weighted by Gasteiger charge is 2.25. The van der Waals surface area contributed by atoms with Crippen molar-refractivity contribution in [3.05, 3.63) is 34.3 Å². The van der Waals surface area contributed by atoms with E-state index >= 15 is 0 Å². The van der Waals surface area contributed by atoms with Crippen molar-refractivity contribution in [1.82, 2.24) is 20.3 Å². The number of anilines is 4. The van der Waals surface area contributed by atoms with Gasteiger partial charge in [-0.3, -0.25) is 10.1 Å². The number of esters is 1. The van der Waals surface area contributed by atoms with E-state index in [1.54, 1.807) is 41.2 Å². The lowest BCUT2D eigenvalue weighted by molar-refractivity contribution is -0.120. The van der Waals surface area contributed by atoms with Crippen LogP contribution in [0, 0.1) is 6.92 Å². The SMILES string of the molecule is CCOC(=O)c1sc(Nc2nc(NCc3cc(OC)c(OC)c(OC)c3)cc(N3CCNC(C(N)=O)C3)n2)nc1C. The second-order valence-electron chi connectivity index (χ2n) is 8.96. The van der Waals surface area contributed by atoms with Gasteiger partial charge in [-0.1, -0.05) is 11.3 Å². The van der Waals surface area contributed by atoms with Crippen molar-refractivity contribution in [2.24, 2.45) is 5.73 Å². The highest BCUT2D eigenvalue weighted by molar-refractivity contribution is 7.17. The van der Waals surface area contributed by atoms with Crippen LogP contribution in [0.2, 0.25) is 0 Å². The maximum absolute atomic E-state index is 12.3. The van der Waals surface area contributed by atoms with Gasteiger partial charge in [-0.15, -0.1) is 0 Å². The van der Waals surface area contributed by atoms with E-state index in [1.807, 2.05) is 17.0 Å². The number of nitrogens with zero attached hydrogens (tertiary/aromatic N) is 4. The topological polar surface area (TPSA) is 175 Å². The number of nitrogens with two attached hydrogens (primary N) is 1. The van der Waals surface area contributed by atoms with E-state index in [0.717, 1.165) is 16.9 Å². The highest BCUT2D eigenvalue weighted by atomic mass is 32.1. The van der Waals surface area contributed by atoms with Crippen LogP contribution in [-0.4, -0.2) is 80.4 Å². The first-order valence-corrected chi connectivity index (χ1v) is 13.7. The number of carbonyl (C=O) groups excluding carboxylic acids is 2. The van der Waals surface area contributed by atoms with Crippen LogP contribution >= 0.6 is 11.3 Å². The summed E-state index contributed by atoms with van der Waals surface area (Å²) in [7, 11) is 4.67. The second kappa shape index (κ2) is 13.3. The molecule has 1 aliphatic rings. The number of amides is 1. The molecule has 1 aliphatic heterocycles. The van der Waals surface area contributed by atoms with E-state index in [2.05, 4.69) is 30.9 Å². The van der Waals surface area contributed by atoms with Crippen LogP contribution in [0.3, 0.4) is 0 Å². The number of aryl methyl sites for hydroxylation is 1. The van der Waals surface area contributed by atoms with Crippen molar-refractivity contribution in [2.75, 3.05) is 63.1 Å². The first kappa shape index (κ1) is 29.6. The predicted molar refractivity (Wildman–Crippen MR) is 155 cm³/mol. The molecule has 3 heterocycles. The Kier molecular flexibility index (Phi) is 9.62. The molecule has 4 rings (SSSR count). The number of benzene rings is 1. The largest absolute Gasteiger partial charge is 0.493 e. The number of aromatic nitrogens is 3. The van der Waals surface area contributed by atoms with Gasteiger partial charge in [0.2, 0.25) is 17.6 Å². The van der Waals surface area contributed by atoms with E-state index in [0.29, 0.717) is 70.8 Å². The minimum absolute atomic E-state index is 0.258. The summed E-state index contributed by atoms with van der Waals surface area (Å²) in [6.07, 6.45) is 0. The molecule has 1 fully saturated rings. The Morgan fingerprint density at radius 1 is 1.12 bits per heavy atom. The molecule has 1 saturated heterocycles.